The van der Waals surface area contributed by atoms with Crippen molar-refractivity contribution in [2.24, 2.45) is 0 Å². The van der Waals surface area contributed by atoms with Gasteiger partial charge in [0, 0.05) is 18.6 Å². The number of carbonyl (C=O) groups is 1. The third kappa shape index (κ3) is 3.78. The first kappa shape index (κ1) is 15.0. The molecule has 0 aromatic carbocycles. The van der Waals surface area contributed by atoms with E-state index in [2.05, 4.69) is 10.1 Å². The zero-order valence-corrected chi connectivity index (χ0v) is 10.6. The Labute approximate surface area is 117 Å². The maximum Gasteiger partial charge on any atom is 0.416 e. The number of aliphatic hydroxyl groups is 1. The van der Waals surface area contributed by atoms with Crippen molar-refractivity contribution in [1.82, 2.24) is 20.1 Å². The smallest absolute Gasteiger partial charge is 0.382 e. The first-order valence-electron chi connectivity index (χ1n) is 5.87. The highest BCUT2D eigenvalue weighted by atomic mass is 19.4. The number of halogens is 3. The number of alkyl halides is 3. The highest BCUT2D eigenvalue weighted by Gasteiger charge is 2.38. The van der Waals surface area contributed by atoms with Crippen LogP contribution in [0.25, 0.3) is 5.69 Å². The Hall–Kier alpha value is -2.42. The van der Waals surface area contributed by atoms with E-state index in [1.807, 2.05) is 5.32 Å². The van der Waals surface area contributed by atoms with Crippen LogP contribution in [0.5, 0.6) is 0 Å². The van der Waals surface area contributed by atoms with E-state index in [9.17, 15) is 18.0 Å². The van der Waals surface area contributed by atoms with Gasteiger partial charge < -0.3 is 10.4 Å². The monoisotopic (exact) mass is 300 g/mol. The summed E-state index contributed by atoms with van der Waals surface area (Å²) in [5.74, 6) is -0.813. The topological polar surface area (TPSA) is 80.0 Å². The summed E-state index contributed by atoms with van der Waals surface area (Å²) in [6.07, 6.45) is -2.87. The number of hydrogen-bond donors (Lipinski definition) is 2. The van der Waals surface area contributed by atoms with E-state index in [-0.39, 0.29) is 5.69 Å². The van der Waals surface area contributed by atoms with Crippen LogP contribution in [0.3, 0.4) is 0 Å². The summed E-state index contributed by atoms with van der Waals surface area (Å²) in [7, 11) is 0. The van der Waals surface area contributed by atoms with Crippen molar-refractivity contribution in [3.63, 3.8) is 0 Å². The van der Waals surface area contributed by atoms with Gasteiger partial charge >= 0.3 is 6.18 Å². The van der Waals surface area contributed by atoms with Crippen LogP contribution >= 0.6 is 0 Å². The van der Waals surface area contributed by atoms with Crippen LogP contribution in [0.15, 0.2) is 36.8 Å². The molecular formula is C12H11F3N4O2. The molecule has 0 aliphatic rings. The van der Waals surface area contributed by atoms with Crippen LogP contribution in [0.2, 0.25) is 0 Å². The average Bonchev–Trinajstić information content (AvgIpc) is 2.97. The van der Waals surface area contributed by atoms with Gasteiger partial charge in [0.15, 0.2) is 6.10 Å². The Morgan fingerprint density at radius 3 is 2.81 bits per heavy atom. The maximum atomic E-state index is 12.1. The molecule has 1 atom stereocenters. The summed E-state index contributed by atoms with van der Waals surface area (Å²) >= 11 is 0. The molecule has 6 nitrogen and oxygen atoms in total. The van der Waals surface area contributed by atoms with E-state index < -0.39 is 24.7 Å². The number of nitrogens with one attached hydrogen (secondary N) is 1. The molecule has 2 rings (SSSR count). The molecule has 0 bridgehead atoms. The molecule has 0 aliphatic heterocycles. The highest BCUT2D eigenvalue weighted by molar-refractivity contribution is 5.92. The fourth-order valence-corrected chi connectivity index (χ4v) is 1.50. The Bertz CT molecular complexity index is 613. The maximum absolute atomic E-state index is 12.1. The fraction of sp³-hybridized carbons (Fsp3) is 0.250. The van der Waals surface area contributed by atoms with E-state index in [1.54, 1.807) is 24.5 Å². The number of pyridine rings is 1. The number of aromatic nitrogens is 3. The van der Waals surface area contributed by atoms with Crippen LogP contribution < -0.4 is 5.32 Å². The second-order valence-corrected chi connectivity index (χ2v) is 4.12. The molecule has 0 aliphatic carbocycles. The van der Waals surface area contributed by atoms with Gasteiger partial charge in [-0.05, 0) is 18.2 Å². The van der Waals surface area contributed by atoms with Crippen molar-refractivity contribution in [2.75, 3.05) is 6.54 Å². The minimum atomic E-state index is -4.78. The highest BCUT2D eigenvalue weighted by Crippen LogP contribution is 2.19. The Balaban J connectivity index is 2.05. The molecule has 21 heavy (non-hydrogen) atoms. The predicted molar refractivity (Wildman–Crippen MR) is 65.8 cm³/mol. The lowest BCUT2D eigenvalue weighted by molar-refractivity contribution is -0.201. The summed E-state index contributed by atoms with van der Waals surface area (Å²) in [5, 5.41) is 14.8. The first-order valence-corrected chi connectivity index (χ1v) is 5.87. The summed E-state index contributed by atoms with van der Waals surface area (Å²) in [6.45, 7) is -0.935. The van der Waals surface area contributed by atoms with Gasteiger partial charge in [0.2, 0.25) is 0 Å². The van der Waals surface area contributed by atoms with Gasteiger partial charge in [-0.25, -0.2) is 4.68 Å². The van der Waals surface area contributed by atoms with Gasteiger partial charge in [0.05, 0.1) is 12.2 Å². The van der Waals surface area contributed by atoms with Crippen molar-refractivity contribution in [1.29, 1.82) is 0 Å². The van der Waals surface area contributed by atoms with Crippen LogP contribution in [0.1, 0.15) is 10.5 Å². The number of aliphatic hydroxyl groups excluding tert-OH is 1. The van der Waals surface area contributed by atoms with Crippen molar-refractivity contribution >= 4 is 5.91 Å². The lowest BCUT2D eigenvalue weighted by Crippen LogP contribution is -2.40. The Morgan fingerprint density at radius 2 is 2.19 bits per heavy atom. The molecular weight excluding hydrogens is 289 g/mol. The second-order valence-electron chi connectivity index (χ2n) is 4.12. The van der Waals surface area contributed by atoms with Gasteiger partial charge in [0.1, 0.15) is 5.69 Å². The lowest BCUT2D eigenvalue weighted by Gasteiger charge is -2.14. The fourth-order valence-electron chi connectivity index (χ4n) is 1.50. The number of hydrogen-bond acceptors (Lipinski definition) is 4. The third-order valence-corrected chi connectivity index (χ3v) is 2.58. The van der Waals surface area contributed by atoms with Crippen molar-refractivity contribution in [3.05, 3.63) is 42.5 Å². The Kier molecular flexibility index (Phi) is 4.22. The van der Waals surface area contributed by atoms with Crippen LogP contribution in [-0.2, 0) is 0 Å². The zero-order chi connectivity index (χ0) is 15.5. The number of rotatable bonds is 4. The SMILES string of the molecule is O=C(NC[C@@H](O)C(F)(F)F)c1cc(-n2cccn2)ccn1. The molecule has 2 heterocycles. The van der Waals surface area contributed by atoms with Crippen molar-refractivity contribution in [3.8, 4) is 5.69 Å². The quantitative estimate of drug-likeness (QED) is 0.880. The van der Waals surface area contributed by atoms with E-state index in [4.69, 9.17) is 5.11 Å². The van der Waals surface area contributed by atoms with Crippen molar-refractivity contribution in [2.45, 2.75) is 12.3 Å². The molecule has 9 heteroatoms. The summed E-state index contributed by atoms with van der Waals surface area (Å²) in [6, 6.07) is 4.65. The standard InChI is InChI=1S/C12H11F3N4O2/c13-12(14,15)10(20)7-17-11(21)9-6-8(2-4-16-9)19-5-1-3-18-19/h1-6,10,20H,7H2,(H,17,21)/t10-/m1/s1. The molecule has 2 N–H and O–H groups in total. The van der Waals surface area contributed by atoms with E-state index in [0.29, 0.717) is 5.69 Å². The summed E-state index contributed by atoms with van der Waals surface area (Å²) in [4.78, 5) is 15.5. The summed E-state index contributed by atoms with van der Waals surface area (Å²) < 4.78 is 37.8. The summed E-state index contributed by atoms with van der Waals surface area (Å²) in [5.41, 5.74) is 0.467. The normalized spacial score (nSPS) is 13.0. The molecule has 2 aromatic rings. The van der Waals surface area contributed by atoms with Crippen LogP contribution in [0, 0.1) is 0 Å². The number of amides is 1. The van der Waals surface area contributed by atoms with E-state index in [1.165, 1.54) is 16.9 Å². The molecule has 0 fully saturated rings. The molecule has 0 radical (unpaired) electrons. The molecule has 0 spiro atoms. The van der Waals surface area contributed by atoms with Crippen LogP contribution in [0.4, 0.5) is 13.2 Å². The molecule has 0 saturated heterocycles. The average molecular weight is 300 g/mol. The number of carbonyl (C=O) groups excluding carboxylic acids is 1. The molecule has 0 unspecified atom stereocenters. The van der Waals surface area contributed by atoms with Gasteiger partial charge in [-0.15, -0.1) is 0 Å². The van der Waals surface area contributed by atoms with Crippen LogP contribution in [-0.4, -0.2) is 44.6 Å². The Morgan fingerprint density at radius 1 is 1.43 bits per heavy atom. The van der Waals surface area contributed by atoms with E-state index in [0.717, 1.165) is 0 Å². The third-order valence-electron chi connectivity index (χ3n) is 2.58. The van der Waals surface area contributed by atoms with Gasteiger partial charge in [-0.1, -0.05) is 0 Å². The minimum absolute atomic E-state index is 0.0719. The largest absolute Gasteiger partial charge is 0.416 e. The second kappa shape index (κ2) is 5.92. The number of nitrogens with zero attached hydrogens (tertiary/aromatic N) is 3. The van der Waals surface area contributed by atoms with Gasteiger partial charge in [0.25, 0.3) is 5.91 Å². The lowest BCUT2D eigenvalue weighted by atomic mass is 10.3. The van der Waals surface area contributed by atoms with E-state index >= 15 is 0 Å². The molecule has 1 amide bonds. The first-order chi connectivity index (χ1) is 9.88. The predicted octanol–water partition coefficient (Wildman–Crippen LogP) is 0.920. The minimum Gasteiger partial charge on any atom is -0.382 e. The molecule has 2 aromatic heterocycles. The molecule has 0 saturated carbocycles. The molecule has 112 valence electrons. The van der Waals surface area contributed by atoms with Gasteiger partial charge in [-0.2, -0.15) is 18.3 Å². The van der Waals surface area contributed by atoms with Gasteiger partial charge in [-0.3, -0.25) is 9.78 Å². The zero-order valence-electron chi connectivity index (χ0n) is 10.6. The van der Waals surface area contributed by atoms with Crippen molar-refractivity contribution < 1.29 is 23.1 Å².